The van der Waals surface area contributed by atoms with Crippen molar-refractivity contribution in [3.63, 3.8) is 0 Å². The number of aryl methyl sites for hydroxylation is 1. The first kappa shape index (κ1) is 13.6. The summed E-state index contributed by atoms with van der Waals surface area (Å²) in [5.74, 6) is 0.869. The van der Waals surface area contributed by atoms with E-state index in [9.17, 15) is 4.79 Å². The molecule has 0 aliphatic rings. The molecule has 6 nitrogen and oxygen atoms in total. The first-order chi connectivity index (χ1) is 7.97. The van der Waals surface area contributed by atoms with Gasteiger partial charge in [-0.25, -0.2) is 0 Å². The van der Waals surface area contributed by atoms with Crippen LogP contribution in [-0.4, -0.2) is 39.3 Å². The highest BCUT2D eigenvalue weighted by Gasteiger charge is 2.25. The van der Waals surface area contributed by atoms with Gasteiger partial charge in [-0.2, -0.15) is 0 Å². The van der Waals surface area contributed by atoms with Gasteiger partial charge in [0.25, 0.3) is 0 Å². The Bertz CT molecular complexity index is 372. The average molecular weight is 239 g/mol. The van der Waals surface area contributed by atoms with E-state index >= 15 is 0 Å². The lowest BCUT2D eigenvalue weighted by Gasteiger charge is -2.24. The van der Waals surface area contributed by atoms with Gasteiger partial charge in [0.05, 0.1) is 5.54 Å². The molecule has 0 aliphatic heterocycles. The zero-order valence-corrected chi connectivity index (χ0v) is 10.9. The van der Waals surface area contributed by atoms with Gasteiger partial charge in [-0.3, -0.25) is 4.79 Å². The highest BCUT2D eigenvalue weighted by atomic mass is 16.2. The predicted octanol–water partition coefficient (Wildman–Crippen LogP) is -0.138. The van der Waals surface area contributed by atoms with Crippen LogP contribution in [0.2, 0.25) is 0 Å². The van der Waals surface area contributed by atoms with Gasteiger partial charge in [-0.05, 0) is 20.4 Å². The maximum absolute atomic E-state index is 11.9. The zero-order chi connectivity index (χ0) is 12.9. The van der Waals surface area contributed by atoms with Crippen LogP contribution in [0.3, 0.4) is 0 Å². The lowest BCUT2D eigenvalue weighted by molar-refractivity contribution is -0.126. The Morgan fingerprint density at radius 1 is 1.53 bits per heavy atom. The standard InChI is InChI=1S/C11H21N5O/c1-5-13-11(2,3)10(17)12-7-6-9-15-14-8-16(9)4/h8,13H,5-7H2,1-4H3,(H,12,17). The van der Waals surface area contributed by atoms with Gasteiger partial charge in [0.15, 0.2) is 0 Å². The molecule has 1 aromatic heterocycles. The average Bonchev–Trinajstić information content (AvgIpc) is 2.64. The van der Waals surface area contributed by atoms with Crippen molar-refractivity contribution in [2.75, 3.05) is 13.1 Å². The van der Waals surface area contributed by atoms with Crippen LogP contribution in [0.4, 0.5) is 0 Å². The maximum atomic E-state index is 11.9. The molecule has 1 heterocycles. The molecule has 17 heavy (non-hydrogen) atoms. The number of hydrogen-bond donors (Lipinski definition) is 2. The summed E-state index contributed by atoms with van der Waals surface area (Å²) in [5.41, 5.74) is -0.533. The van der Waals surface area contributed by atoms with Gasteiger partial charge in [-0.15, -0.1) is 10.2 Å². The van der Waals surface area contributed by atoms with Crippen LogP contribution in [0.1, 0.15) is 26.6 Å². The summed E-state index contributed by atoms with van der Waals surface area (Å²) in [4.78, 5) is 11.9. The van der Waals surface area contributed by atoms with Gasteiger partial charge in [0.1, 0.15) is 12.2 Å². The fourth-order valence-corrected chi connectivity index (χ4v) is 1.56. The van der Waals surface area contributed by atoms with Gasteiger partial charge >= 0.3 is 0 Å². The van der Waals surface area contributed by atoms with Gasteiger partial charge in [0.2, 0.25) is 5.91 Å². The second-order valence-electron chi connectivity index (χ2n) is 4.52. The van der Waals surface area contributed by atoms with E-state index < -0.39 is 5.54 Å². The van der Waals surface area contributed by atoms with Crippen LogP contribution in [-0.2, 0) is 18.3 Å². The number of amides is 1. The van der Waals surface area contributed by atoms with Crippen LogP contribution in [0, 0.1) is 0 Å². The smallest absolute Gasteiger partial charge is 0.239 e. The quantitative estimate of drug-likeness (QED) is 0.725. The molecule has 1 aromatic rings. The Balaban J connectivity index is 2.36. The van der Waals surface area contributed by atoms with Crippen LogP contribution < -0.4 is 10.6 Å². The molecule has 0 saturated carbocycles. The summed E-state index contributed by atoms with van der Waals surface area (Å²) in [7, 11) is 1.89. The van der Waals surface area contributed by atoms with E-state index in [1.54, 1.807) is 6.33 Å². The summed E-state index contributed by atoms with van der Waals surface area (Å²) in [5, 5.41) is 13.8. The Labute approximate surface area is 102 Å². The minimum absolute atomic E-state index is 0.00141. The fraction of sp³-hybridized carbons (Fsp3) is 0.727. The number of nitrogens with one attached hydrogen (secondary N) is 2. The highest BCUT2D eigenvalue weighted by molar-refractivity contribution is 5.85. The number of likely N-dealkylation sites (N-methyl/N-ethyl adjacent to an activating group) is 1. The fourth-order valence-electron chi connectivity index (χ4n) is 1.56. The Morgan fingerprint density at radius 3 is 2.76 bits per heavy atom. The lowest BCUT2D eigenvalue weighted by Crippen LogP contribution is -2.52. The third kappa shape index (κ3) is 3.81. The van der Waals surface area contributed by atoms with Crippen molar-refractivity contribution in [3.05, 3.63) is 12.2 Å². The second-order valence-corrected chi connectivity index (χ2v) is 4.52. The molecule has 0 radical (unpaired) electrons. The molecule has 0 spiro atoms. The Kier molecular flexibility index (Phi) is 4.62. The molecule has 1 amide bonds. The van der Waals surface area contributed by atoms with E-state index in [1.807, 2.05) is 32.4 Å². The normalized spacial score (nSPS) is 11.5. The van der Waals surface area contributed by atoms with Crippen molar-refractivity contribution >= 4 is 5.91 Å². The lowest BCUT2D eigenvalue weighted by atomic mass is 10.0. The minimum atomic E-state index is -0.533. The molecule has 0 bridgehead atoms. The molecule has 0 aromatic carbocycles. The number of carbonyl (C=O) groups is 1. The number of aromatic nitrogens is 3. The van der Waals surface area contributed by atoms with Crippen molar-refractivity contribution in [1.82, 2.24) is 25.4 Å². The molecule has 96 valence electrons. The van der Waals surface area contributed by atoms with E-state index in [1.165, 1.54) is 0 Å². The van der Waals surface area contributed by atoms with Crippen LogP contribution in [0.15, 0.2) is 6.33 Å². The topological polar surface area (TPSA) is 71.8 Å². The van der Waals surface area contributed by atoms with E-state index in [-0.39, 0.29) is 5.91 Å². The third-order valence-electron chi connectivity index (χ3n) is 2.63. The molecule has 0 saturated heterocycles. The molecule has 0 unspecified atom stereocenters. The van der Waals surface area contributed by atoms with Crippen LogP contribution >= 0.6 is 0 Å². The van der Waals surface area contributed by atoms with E-state index in [0.29, 0.717) is 13.0 Å². The molecule has 6 heteroatoms. The Morgan fingerprint density at radius 2 is 2.24 bits per heavy atom. The van der Waals surface area contributed by atoms with E-state index in [2.05, 4.69) is 20.8 Å². The molecular formula is C11H21N5O. The first-order valence-electron chi connectivity index (χ1n) is 5.83. The van der Waals surface area contributed by atoms with Crippen molar-refractivity contribution in [3.8, 4) is 0 Å². The van der Waals surface area contributed by atoms with E-state index in [4.69, 9.17) is 0 Å². The van der Waals surface area contributed by atoms with E-state index in [0.717, 1.165) is 12.4 Å². The number of nitrogens with zero attached hydrogens (tertiary/aromatic N) is 3. The number of carbonyl (C=O) groups excluding carboxylic acids is 1. The summed E-state index contributed by atoms with van der Waals surface area (Å²) in [6.45, 7) is 7.06. The predicted molar refractivity (Wildman–Crippen MR) is 65.5 cm³/mol. The molecule has 0 atom stereocenters. The van der Waals surface area contributed by atoms with Gasteiger partial charge < -0.3 is 15.2 Å². The van der Waals surface area contributed by atoms with Crippen molar-refractivity contribution in [1.29, 1.82) is 0 Å². The second kappa shape index (κ2) is 5.77. The monoisotopic (exact) mass is 239 g/mol. The number of rotatable bonds is 6. The molecule has 2 N–H and O–H groups in total. The van der Waals surface area contributed by atoms with Gasteiger partial charge in [-0.1, -0.05) is 6.92 Å². The molecule has 0 fully saturated rings. The van der Waals surface area contributed by atoms with Crippen LogP contribution in [0.25, 0.3) is 0 Å². The largest absolute Gasteiger partial charge is 0.354 e. The first-order valence-corrected chi connectivity index (χ1v) is 5.83. The minimum Gasteiger partial charge on any atom is -0.354 e. The zero-order valence-electron chi connectivity index (χ0n) is 10.9. The maximum Gasteiger partial charge on any atom is 0.239 e. The summed E-state index contributed by atoms with van der Waals surface area (Å²) < 4.78 is 1.85. The van der Waals surface area contributed by atoms with Crippen molar-refractivity contribution in [2.45, 2.75) is 32.7 Å². The Hall–Kier alpha value is -1.43. The summed E-state index contributed by atoms with van der Waals surface area (Å²) >= 11 is 0. The van der Waals surface area contributed by atoms with Crippen molar-refractivity contribution < 1.29 is 4.79 Å². The van der Waals surface area contributed by atoms with Gasteiger partial charge in [0, 0.05) is 20.0 Å². The molecule has 0 aliphatic carbocycles. The van der Waals surface area contributed by atoms with Crippen molar-refractivity contribution in [2.24, 2.45) is 7.05 Å². The SMILES string of the molecule is CCNC(C)(C)C(=O)NCCc1nncn1C. The molecular weight excluding hydrogens is 218 g/mol. The summed E-state index contributed by atoms with van der Waals surface area (Å²) in [6, 6.07) is 0. The van der Waals surface area contributed by atoms with Crippen LogP contribution in [0.5, 0.6) is 0 Å². The molecule has 1 rings (SSSR count). The summed E-state index contributed by atoms with van der Waals surface area (Å²) in [6.07, 6.45) is 2.34. The number of hydrogen-bond acceptors (Lipinski definition) is 4. The third-order valence-corrected chi connectivity index (χ3v) is 2.63. The highest BCUT2D eigenvalue weighted by Crippen LogP contribution is 2.01.